The molecule has 1 heterocycles. The molecule has 0 bridgehead atoms. The van der Waals surface area contributed by atoms with Gasteiger partial charge in [-0.25, -0.2) is 0 Å². The van der Waals surface area contributed by atoms with Crippen LogP contribution in [-0.4, -0.2) is 10.5 Å². The summed E-state index contributed by atoms with van der Waals surface area (Å²) in [5.74, 6) is -0.234. The summed E-state index contributed by atoms with van der Waals surface area (Å²) in [5.41, 5.74) is 1.66. The van der Waals surface area contributed by atoms with Crippen molar-refractivity contribution < 1.29 is 4.79 Å². The van der Waals surface area contributed by atoms with Crippen LogP contribution in [0.25, 0.3) is 21.0 Å². The van der Waals surface area contributed by atoms with Crippen LogP contribution in [0.5, 0.6) is 0 Å². The minimum absolute atomic E-state index is 0.234. The quantitative estimate of drug-likeness (QED) is 0.450. The number of fused-ring (bicyclic) bond motifs is 3. The number of amides is 1. The molecule has 0 fully saturated rings. The Bertz CT molecular complexity index is 1160. The van der Waals surface area contributed by atoms with Gasteiger partial charge in [-0.1, -0.05) is 63.7 Å². The Morgan fingerprint density at radius 2 is 1.92 bits per heavy atom. The molecule has 0 spiro atoms. The lowest BCUT2D eigenvalue weighted by Crippen LogP contribution is -2.13. The normalized spacial score (nSPS) is 12.2. The summed E-state index contributed by atoms with van der Waals surface area (Å²) >= 11 is 4.93. The van der Waals surface area contributed by atoms with E-state index < -0.39 is 0 Å². The predicted molar refractivity (Wildman–Crippen MR) is 102 cm³/mol. The number of halogens is 1. The number of carbonyl (C=O) groups excluding carboxylic acids is 1. The highest BCUT2D eigenvalue weighted by Gasteiger charge is 2.09. The van der Waals surface area contributed by atoms with Crippen molar-refractivity contribution in [3.05, 3.63) is 75.5 Å². The number of nitrogens with zero attached hydrogens (tertiary/aromatic N) is 2. The molecule has 4 aromatic rings. The summed E-state index contributed by atoms with van der Waals surface area (Å²) in [6, 6.07) is 19.7. The van der Waals surface area contributed by atoms with Crippen LogP contribution in [0.3, 0.4) is 0 Å². The number of thiazole rings is 1. The van der Waals surface area contributed by atoms with E-state index in [1.54, 1.807) is 23.5 Å². The molecule has 0 saturated heterocycles. The van der Waals surface area contributed by atoms with E-state index in [4.69, 9.17) is 0 Å². The van der Waals surface area contributed by atoms with Crippen molar-refractivity contribution >= 4 is 54.2 Å². The van der Waals surface area contributed by atoms with Gasteiger partial charge in [-0.05, 0) is 29.7 Å². The number of aryl methyl sites for hydroxylation is 1. The smallest absolute Gasteiger partial charge is 0.279 e. The number of benzene rings is 3. The van der Waals surface area contributed by atoms with E-state index in [9.17, 15) is 4.79 Å². The van der Waals surface area contributed by atoms with E-state index in [0.717, 1.165) is 14.7 Å². The van der Waals surface area contributed by atoms with Crippen molar-refractivity contribution in [2.45, 2.75) is 0 Å². The average Bonchev–Trinajstić information content (AvgIpc) is 2.91. The van der Waals surface area contributed by atoms with Crippen LogP contribution in [0.4, 0.5) is 0 Å². The first-order chi connectivity index (χ1) is 11.6. The van der Waals surface area contributed by atoms with Crippen molar-refractivity contribution in [3.63, 3.8) is 0 Å². The van der Waals surface area contributed by atoms with Gasteiger partial charge in [0.15, 0.2) is 4.80 Å². The summed E-state index contributed by atoms with van der Waals surface area (Å²) in [6.07, 6.45) is 0. The Labute approximate surface area is 151 Å². The summed E-state index contributed by atoms with van der Waals surface area (Å²) in [5, 5.41) is 2.38. The fourth-order valence-electron chi connectivity index (χ4n) is 2.74. The van der Waals surface area contributed by atoms with E-state index in [1.165, 1.54) is 10.8 Å². The molecule has 0 N–H and O–H groups in total. The lowest BCUT2D eigenvalue weighted by Gasteiger charge is -1.99. The Hall–Kier alpha value is -2.24. The first-order valence-corrected chi connectivity index (χ1v) is 9.06. The molecule has 3 aromatic carbocycles. The van der Waals surface area contributed by atoms with Crippen molar-refractivity contribution in [3.8, 4) is 0 Å². The van der Waals surface area contributed by atoms with Crippen LogP contribution in [0.1, 0.15) is 10.4 Å². The predicted octanol–water partition coefficient (Wildman–Crippen LogP) is 4.90. The van der Waals surface area contributed by atoms with Gasteiger partial charge in [0.1, 0.15) is 0 Å². The van der Waals surface area contributed by atoms with E-state index in [0.29, 0.717) is 10.4 Å². The number of carbonyl (C=O) groups is 1. The molecule has 24 heavy (non-hydrogen) atoms. The largest absolute Gasteiger partial charge is 0.319 e. The van der Waals surface area contributed by atoms with Gasteiger partial charge in [0, 0.05) is 22.5 Å². The van der Waals surface area contributed by atoms with E-state index in [1.807, 2.05) is 35.9 Å². The lowest BCUT2D eigenvalue weighted by molar-refractivity contribution is 0.0998. The highest BCUT2D eigenvalue weighted by Crippen LogP contribution is 2.27. The lowest BCUT2D eigenvalue weighted by atomic mass is 10.1. The monoisotopic (exact) mass is 396 g/mol. The zero-order valence-electron chi connectivity index (χ0n) is 12.9. The van der Waals surface area contributed by atoms with Crippen LogP contribution < -0.4 is 4.80 Å². The van der Waals surface area contributed by atoms with E-state index in [-0.39, 0.29) is 5.91 Å². The summed E-state index contributed by atoms with van der Waals surface area (Å²) in [4.78, 5) is 17.5. The topological polar surface area (TPSA) is 34.4 Å². The second-order valence-electron chi connectivity index (χ2n) is 5.51. The first-order valence-electron chi connectivity index (χ1n) is 7.45. The van der Waals surface area contributed by atoms with Gasteiger partial charge in [0.05, 0.1) is 10.2 Å². The van der Waals surface area contributed by atoms with Gasteiger partial charge >= 0.3 is 0 Å². The van der Waals surface area contributed by atoms with Gasteiger partial charge in [0.2, 0.25) is 0 Å². The number of aromatic nitrogens is 1. The second kappa shape index (κ2) is 6.00. The fourth-order valence-corrected chi connectivity index (χ4v) is 4.29. The molecule has 0 aliphatic carbocycles. The third kappa shape index (κ3) is 2.60. The molecule has 1 amide bonds. The zero-order chi connectivity index (χ0) is 16.7. The molecule has 118 valence electrons. The highest BCUT2D eigenvalue weighted by atomic mass is 79.9. The van der Waals surface area contributed by atoms with Crippen LogP contribution in [-0.2, 0) is 7.05 Å². The summed E-state index contributed by atoms with van der Waals surface area (Å²) in [7, 11) is 1.95. The van der Waals surface area contributed by atoms with Gasteiger partial charge in [-0.2, -0.15) is 4.99 Å². The summed E-state index contributed by atoms with van der Waals surface area (Å²) < 4.78 is 3.99. The maximum absolute atomic E-state index is 12.5. The fraction of sp³-hybridized carbons (Fsp3) is 0.0526. The highest BCUT2D eigenvalue weighted by molar-refractivity contribution is 9.10. The molecular weight excluding hydrogens is 384 g/mol. The molecule has 3 nitrogen and oxygen atoms in total. The Morgan fingerprint density at radius 1 is 1.08 bits per heavy atom. The Morgan fingerprint density at radius 3 is 2.75 bits per heavy atom. The maximum Gasteiger partial charge on any atom is 0.279 e. The Balaban J connectivity index is 1.92. The zero-order valence-corrected chi connectivity index (χ0v) is 15.3. The van der Waals surface area contributed by atoms with Crippen LogP contribution >= 0.6 is 27.3 Å². The second-order valence-corrected chi connectivity index (χ2v) is 7.40. The van der Waals surface area contributed by atoms with E-state index >= 15 is 0 Å². The molecule has 0 atom stereocenters. The molecule has 1 aromatic heterocycles. The van der Waals surface area contributed by atoms with Crippen molar-refractivity contribution in [2.24, 2.45) is 12.0 Å². The maximum atomic E-state index is 12.5. The third-order valence-corrected chi connectivity index (χ3v) is 5.64. The Kier molecular flexibility index (Phi) is 3.82. The standard InChI is InChI=1S/C19H13BrN2OS/c1-22-16-10-9-12-5-2-3-8-15(12)17(16)24-19(22)21-18(23)13-6-4-7-14(20)11-13/h2-11H,1H3. The molecule has 4 rings (SSSR count). The minimum atomic E-state index is -0.234. The number of hydrogen-bond donors (Lipinski definition) is 0. The molecule has 0 saturated carbocycles. The molecule has 0 radical (unpaired) electrons. The van der Waals surface area contributed by atoms with Crippen LogP contribution in [0, 0.1) is 0 Å². The molecule has 0 aliphatic heterocycles. The molecular formula is C19H13BrN2OS. The molecule has 0 aliphatic rings. The number of rotatable bonds is 1. The average molecular weight is 397 g/mol. The molecule has 0 unspecified atom stereocenters. The van der Waals surface area contributed by atoms with Gasteiger partial charge in [-0.15, -0.1) is 0 Å². The molecule has 5 heteroatoms. The number of hydrogen-bond acceptors (Lipinski definition) is 2. The van der Waals surface area contributed by atoms with Gasteiger partial charge in [-0.3, -0.25) is 4.79 Å². The van der Waals surface area contributed by atoms with Crippen molar-refractivity contribution in [1.29, 1.82) is 0 Å². The van der Waals surface area contributed by atoms with Crippen LogP contribution in [0.15, 0.2) is 70.1 Å². The van der Waals surface area contributed by atoms with Crippen LogP contribution in [0.2, 0.25) is 0 Å². The minimum Gasteiger partial charge on any atom is -0.319 e. The first kappa shape index (κ1) is 15.3. The van der Waals surface area contributed by atoms with Gasteiger partial charge < -0.3 is 4.57 Å². The van der Waals surface area contributed by atoms with Crippen molar-refractivity contribution in [2.75, 3.05) is 0 Å². The van der Waals surface area contributed by atoms with Crippen molar-refractivity contribution in [1.82, 2.24) is 4.57 Å². The third-order valence-electron chi connectivity index (χ3n) is 3.97. The van der Waals surface area contributed by atoms with E-state index in [2.05, 4.69) is 45.2 Å². The summed E-state index contributed by atoms with van der Waals surface area (Å²) in [6.45, 7) is 0. The van der Waals surface area contributed by atoms with Gasteiger partial charge in [0.25, 0.3) is 5.91 Å². The SMILES string of the molecule is Cn1c(=NC(=O)c2cccc(Br)c2)sc2c3ccccc3ccc21.